The van der Waals surface area contributed by atoms with Gasteiger partial charge in [0.05, 0.1) is 37.3 Å². The Balaban J connectivity index is 1.02. The van der Waals surface area contributed by atoms with Crippen LogP contribution in [0.4, 0.5) is 11.4 Å². The molecule has 406 valence electrons. The van der Waals surface area contributed by atoms with Gasteiger partial charge in [0, 0.05) is 78.4 Å². The summed E-state index contributed by atoms with van der Waals surface area (Å²) in [4.78, 5) is 23.1. The highest BCUT2D eigenvalue weighted by Crippen LogP contribution is 2.59. The van der Waals surface area contributed by atoms with Crippen molar-refractivity contribution >= 4 is 92.5 Å². The second-order valence-corrected chi connectivity index (χ2v) is 24.6. The Bertz CT molecular complexity index is 4510. The molecule has 85 heavy (non-hydrogen) atoms. The number of aromatic nitrogens is 2. The van der Waals surface area contributed by atoms with Crippen molar-refractivity contribution in [1.82, 2.24) is 9.13 Å². The zero-order valence-electron chi connectivity index (χ0n) is 45.3. The molecular weight excluding hydrogens is 1090 g/mol. The Morgan fingerprint density at radius 3 is 1.01 bits per heavy atom. The van der Waals surface area contributed by atoms with Gasteiger partial charge >= 0.3 is 0 Å². The molecule has 0 N–H and O–H groups in total. The van der Waals surface area contributed by atoms with Gasteiger partial charge in [0.2, 0.25) is 0 Å². The van der Waals surface area contributed by atoms with Crippen molar-refractivity contribution in [2.75, 3.05) is 0 Å². The Labute approximate surface area is 491 Å². The third kappa shape index (κ3) is 8.73. The van der Waals surface area contributed by atoms with Crippen molar-refractivity contribution in [3.05, 3.63) is 334 Å². The van der Waals surface area contributed by atoms with Gasteiger partial charge in [-0.3, -0.25) is 20.2 Å². The SMILES string of the molecule is O=[N+]([O-])c1ccc(-n2c3ccccc3c3cc(C4(c5ccc6c(c5)c5ccccc5n6-c5ccc([N+](=O)[O-])cc5)c5cc(OP(c6ccccc6)c6ccccc6)ccc5-c5ccc(OP(c6ccccc6)c6ccccc6)cc54)ccc32)cc1. The van der Waals surface area contributed by atoms with E-state index in [0.717, 1.165) is 121 Å². The predicted molar refractivity (Wildman–Crippen MR) is 345 cm³/mol. The summed E-state index contributed by atoms with van der Waals surface area (Å²) in [5.74, 6) is 1.43. The zero-order valence-corrected chi connectivity index (χ0v) is 47.1. The molecule has 2 heterocycles. The summed E-state index contributed by atoms with van der Waals surface area (Å²) in [7, 11) is -2.65. The number of nitrogens with zero attached hydrogens (tertiary/aromatic N) is 4. The molecule has 0 spiro atoms. The molecule has 0 bridgehead atoms. The third-order valence-electron chi connectivity index (χ3n) is 16.3. The molecule has 0 atom stereocenters. The molecule has 0 radical (unpaired) electrons. The van der Waals surface area contributed by atoms with Crippen molar-refractivity contribution in [1.29, 1.82) is 0 Å². The van der Waals surface area contributed by atoms with Crippen LogP contribution in [0.5, 0.6) is 11.5 Å². The first-order chi connectivity index (χ1) is 41.8. The fraction of sp³-hybridized carbons (Fsp3) is 0.0137. The lowest BCUT2D eigenvalue weighted by Crippen LogP contribution is -2.29. The lowest BCUT2D eigenvalue weighted by Gasteiger charge is -2.35. The van der Waals surface area contributed by atoms with Crippen molar-refractivity contribution in [2.45, 2.75) is 5.41 Å². The predicted octanol–water partition coefficient (Wildman–Crippen LogP) is 16.9. The van der Waals surface area contributed by atoms with Crippen LogP contribution in [0, 0.1) is 20.2 Å². The molecule has 2 aromatic heterocycles. The van der Waals surface area contributed by atoms with Gasteiger partial charge in [0.15, 0.2) is 16.3 Å². The molecule has 0 aliphatic heterocycles. The molecule has 12 heteroatoms. The highest BCUT2D eigenvalue weighted by Gasteiger charge is 2.48. The van der Waals surface area contributed by atoms with Gasteiger partial charge in [0.1, 0.15) is 11.5 Å². The quantitative estimate of drug-likeness (QED) is 0.0609. The average Bonchev–Trinajstić information content (AvgIpc) is 1.61. The normalized spacial score (nSPS) is 12.5. The molecule has 0 fully saturated rings. The Kier molecular flexibility index (Phi) is 12.7. The van der Waals surface area contributed by atoms with Crippen molar-refractivity contribution in [3.63, 3.8) is 0 Å². The van der Waals surface area contributed by atoms with E-state index in [-0.39, 0.29) is 21.2 Å². The van der Waals surface area contributed by atoms with E-state index in [2.05, 4.69) is 215 Å². The fourth-order valence-electron chi connectivity index (χ4n) is 12.6. The molecule has 10 nitrogen and oxygen atoms in total. The second-order valence-electron chi connectivity index (χ2n) is 21.0. The van der Waals surface area contributed by atoms with E-state index in [4.69, 9.17) is 9.05 Å². The first kappa shape index (κ1) is 51.4. The van der Waals surface area contributed by atoms with E-state index >= 15 is 0 Å². The first-order valence-electron chi connectivity index (χ1n) is 27.8. The monoisotopic (exact) mass is 1140 g/mol. The molecular formula is C73H48N4O6P2. The highest BCUT2D eigenvalue weighted by molar-refractivity contribution is 7.69. The minimum atomic E-state index is -1.33. The van der Waals surface area contributed by atoms with Crippen LogP contribution in [0.1, 0.15) is 22.3 Å². The largest absolute Gasteiger partial charge is 0.464 e. The van der Waals surface area contributed by atoms with E-state index in [1.54, 1.807) is 24.3 Å². The molecule has 1 aliphatic carbocycles. The van der Waals surface area contributed by atoms with E-state index in [1.807, 2.05) is 60.7 Å². The standard InChI is InChI=1S/C73H48N4O6P2/c78-76(79)53-35-31-51(32-36-53)74-69-27-15-13-25-63(69)65-45-49(29-43-71(65)74)73(50-30-44-72-66(46-50)64-26-14-16-28-70(64)75(72)52-33-37-54(38-34-52)77(80)81)67-47-55(82-84(57-17-5-1-6-18-57)58-19-7-2-8-20-58)39-41-61(67)62-42-40-56(48-68(62)73)83-85(59-21-9-3-10-22-59)60-23-11-4-12-24-60/h1-48H. The summed E-state index contributed by atoms with van der Waals surface area (Å²) >= 11 is 0. The second kappa shape index (κ2) is 21.0. The van der Waals surface area contributed by atoms with Gasteiger partial charge in [0.25, 0.3) is 11.4 Å². The van der Waals surface area contributed by atoms with Gasteiger partial charge in [-0.15, -0.1) is 0 Å². The Morgan fingerprint density at radius 2 is 0.659 bits per heavy atom. The van der Waals surface area contributed by atoms with E-state index in [0.29, 0.717) is 0 Å². The van der Waals surface area contributed by atoms with Crippen LogP contribution >= 0.6 is 16.3 Å². The van der Waals surface area contributed by atoms with Crippen LogP contribution in [0.3, 0.4) is 0 Å². The number of nitro groups is 2. The molecule has 0 saturated carbocycles. The number of nitro benzene ring substituents is 2. The Morgan fingerprint density at radius 1 is 0.329 bits per heavy atom. The van der Waals surface area contributed by atoms with Gasteiger partial charge in [-0.1, -0.05) is 182 Å². The van der Waals surface area contributed by atoms with Gasteiger partial charge in [-0.05, 0) is 118 Å². The topological polar surface area (TPSA) is 115 Å². The summed E-state index contributed by atoms with van der Waals surface area (Å²) in [6, 6.07) is 98.6. The lowest BCUT2D eigenvalue weighted by atomic mass is 9.67. The van der Waals surface area contributed by atoms with Crippen LogP contribution in [0.15, 0.2) is 291 Å². The van der Waals surface area contributed by atoms with E-state index in [1.165, 1.54) is 0 Å². The maximum absolute atomic E-state index is 11.9. The van der Waals surface area contributed by atoms with Crippen LogP contribution in [-0.2, 0) is 5.41 Å². The molecule has 0 amide bonds. The summed E-state index contributed by atoms with van der Waals surface area (Å²) in [6.07, 6.45) is 0. The number of para-hydroxylation sites is 2. The van der Waals surface area contributed by atoms with Crippen molar-refractivity contribution < 1.29 is 18.9 Å². The summed E-state index contributed by atoms with van der Waals surface area (Å²) in [5.41, 5.74) is 10.5. The van der Waals surface area contributed by atoms with Gasteiger partial charge in [-0.25, -0.2) is 0 Å². The van der Waals surface area contributed by atoms with Crippen LogP contribution in [0.2, 0.25) is 0 Å². The molecule has 0 saturated heterocycles. The molecule has 0 unspecified atom stereocenters. The number of non-ortho nitro benzene ring substituents is 2. The number of benzene rings is 12. The zero-order chi connectivity index (χ0) is 57.2. The van der Waals surface area contributed by atoms with Crippen LogP contribution in [-0.4, -0.2) is 19.0 Å². The van der Waals surface area contributed by atoms with Gasteiger partial charge < -0.3 is 18.2 Å². The Hall–Kier alpha value is -10.5. The highest BCUT2D eigenvalue weighted by atomic mass is 31.1. The molecule has 15 rings (SSSR count). The van der Waals surface area contributed by atoms with Crippen LogP contribution < -0.4 is 30.3 Å². The van der Waals surface area contributed by atoms with E-state index < -0.39 is 21.7 Å². The first-order valence-corrected chi connectivity index (χ1v) is 30.3. The molecule has 12 aromatic carbocycles. The van der Waals surface area contributed by atoms with Crippen molar-refractivity contribution in [2.24, 2.45) is 0 Å². The maximum Gasteiger partial charge on any atom is 0.269 e. The third-order valence-corrected chi connectivity index (χ3v) is 20.1. The smallest absolute Gasteiger partial charge is 0.269 e. The molecule has 1 aliphatic rings. The fourth-order valence-corrected chi connectivity index (χ4v) is 16.0. The summed E-state index contributed by atoms with van der Waals surface area (Å²) in [6.45, 7) is 0. The average molecular weight is 1140 g/mol. The number of hydrogen-bond acceptors (Lipinski definition) is 6. The number of fused-ring (bicyclic) bond motifs is 9. The maximum atomic E-state index is 11.9. The summed E-state index contributed by atoms with van der Waals surface area (Å²) < 4.78 is 19.2. The summed E-state index contributed by atoms with van der Waals surface area (Å²) in [5, 5.41) is 32.2. The van der Waals surface area contributed by atoms with Crippen LogP contribution in [0.25, 0.3) is 66.1 Å². The van der Waals surface area contributed by atoms with Gasteiger partial charge in [-0.2, -0.15) is 0 Å². The molecule has 14 aromatic rings. The number of rotatable bonds is 14. The number of hydrogen-bond donors (Lipinski definition) is 0. The lowest BCUT2D eigenvalue weighted by molar-refractivity contribution is -0.385. The van der Waals surface area contributed by atoms with Crippen molar-refractivity contribution in [3.8, 4) is 34.0 Å². The minimum Gasteiger partial charge on any atom is -0.464 e. The minimum absolute atomic E-state index is 0.0204. The van der Waals surface area contributed by atoms with E-state index in [9.17, 15) is 20.2 Å².